The summed E-state index contributed by atoms with van der Waals surface area (Å²) in [4.78, 5) is 25.7. The van der Waals surface area contributed by atoms with Gasteiger partial charge in [-0.15, -0.1) is 0 Å². The highest BCUT2D eigenvalue weighted by Crippen LogP contribution is 2.29. The molecule has 2 aromatic rings. The Balaban J connectivity index is 1.79. The topological polar surface area (TPSA) is 111 Å². The van der Waals surface area contributed by atoms with Crippen molar-refractivity contribution in [1.82, 2.24) is 14.6 Å². The summed E-state index contributed by atoms with van der Waals surface area (Å²) in [6.45, 7) is 0. The second kappa shape index (κ2) is 5.99. The average molecular weight is 324 g/mol. The molecule has 0 unspecified atom stereocenters. The van der Waals surface area contributed by atoms with Crippen LogP contribution in [0.2, 0.25) is 0 Å². The molecule has 0 amide bonds. The van der Waals surface area contributed by atoms with Crippen LogP contribution in [-0.2, 0) is 6.42 Å². The lowest BCUT2D eigenvalue weighted by molar-refractivity contribution is -0.387. The Labute approximate surface area is 129 Å². The number of fused-ring (bicyclic) bond motifs is 1. The molecule has 0 atom stereocenters. The first-order valence-electron chi connectivity index (χ1n) is 7.32. The zero-order valence-corrected chi connectivity index (χ0v) is 12.7. The van der Waals surface area contributed by atoms with Crippen molar-refractivity contribution in [3.63, 3.8) is 0 Å². The molecule has 2 heterocycles. The van der Waals surface area contributed by atoms with Gasteiger partial charge in [-0.2, -0.15) is 14.6 Å². The Morgan fingerprint density at radius 1 is 1.41 bits per heavy atom. The van der Waals surface area contributed by atoms with Gasteiger partial charge in [0.2, 0.25) is 4.96 Å². The summed E-state index contributed by atoms with van der Waals surface area (Å²) in [5.74, 6) is -0.0588. The molecular weight excluding hydrogens is 308 g/mol. The Morgan fingerprint density at radius 2 is 2.14 bits per heavy atom. The zero-order valence-electron chi connectivity index (χ0n) is 11.9. The fraction of sp³-hybridized carbons (Fsp3) is 0.615. The molecule has 1 aliphatic carbocycles. The van der Waals surface area contributed by atoms with Crippen molar-refractivity contribution in [2.45, 2.75) is 44.9 Å². The highest BCUT2D eigenvalue weighted by molar-refractivity contribution is 7.16. The van der Waals surface area contributed by atoms with Gasteiger partial charge < -0.3 is 5.11 Å². The number of nitrogens with zero attached hydrogens (tertiary/aromatic N) is 4. The van der Waals surface area contributed by atoms with Gasteiger partial charge in [0, 0.05) is 6.42 Å². The van der Waals surface area contributed by atoms with E-state index in [4.69, 9.17) is 0 Å². The third-order valence-corrected chi connectivity index (χ3v) is 5.04. The quantitative estimate of drug-likeness (QED) is 0.667. The number of hydrogen-bond donors (Lipinski definition) is 1. The van der Waals surface area contributed by atoms with Crippen molar-refractivity contribution in [1.29, 1.82) is 0 Å². The van der Waals surface area contributed by atoms with Crippen LogP contribution in [0.4, 0.5) is 5.69 Å². The maximum absolute atomic E-state index is 12.0. The van der Waals surface area contributed by atoms with Crippen LogP contribution in [0.15, 0.2) is 4.79 Å². The zero-order chi connectivity index (χ0) is 15.7. The smallest absolute Gasteiger partial charge is 0.397 e. The van der Waals surface area contributed by atoms with E-state index in [2.05, 4.69) is 10.1 Å². The van der Waals surface area contributed by atoms with E-state index < -0.39 is 22.0 Å². The minimum Gasteiger partial charge on any atom is -0.488 e. The number of aromatic nitrogens is 3. The van der Waals surface area contributed by atoms with Crippen molar-refractivity contribution in [3.05, 3.63) is 25.5 Å². The summed E-state index contributed by atoms with van der Waals surface area (Å²) in [5, 5.41) is 25.1. The summed E-state index contributed by atoms with van der Waals surface area (Å²) in [6.07, 6.45) is 8.06. The van der Waals surface area contributed by atoms with Gasteiger partial charge in [-0.3, -0.25) is 14.9 Å². The minimum atomic E-state index is -0.939. The fourth-order valence-electron chi connectivity index (χ4n) is 2.97. The van der Waals surface area contributed by atoms with Crippen molar-refractivity contribution < 1.29 is 10.0 Å². The molecule has 1 saturated carbocycles. The highest BCUT2D eigenvalue weighted by Gasteiger charge is 2.25. The lowest BCUT2D eigenvalue weighted by Gasteiger charge is -2.06. The van der Waals surface area contributed by atoms with E-state index in [0.29, 0.717) is 5.01 Å². The van der Waals surface area contributed by atoms with Crippen LogP contribution in [0, 0.1) is 16.0 Å². The first-order valence-corrected chi connectivity index (χ1v) is 8.14. The van der Waals surface area contributed by atoms with Gasteiger partial charge in [-0.1, -0.05) is 43.4 Å². The van der Waals surface area contributed by atoms with Gasteiger partial charge in [-0.25, -0.2) is 0 Å². The number of nitro groups is 1. The molecule has 1 fully saturated rings. The van der Waals surface area contributed by atoms with Crippen LogP contribution >= 0.6 is 11.3 Å². The largest absolute Gasteiger partial charge is 0.488 e. The fourth-order valence-corrected chi connectivity index (χ4v) is 3.89. The van der Waals surface area contributed by atoms with E-state index in [1.807, 2.05) is 0 Å². The normalized spacial score (nSPS) is 15.6. The minimum absolute atomic E-state index is 0.184. The second-order valence-corrected chi connectivity index (χ2v) is 6.62. The van der Waals surface area contributed by atoms with Gasteiger partial charge in [0.25, 0.3) is 0 Å². The molecule has 8 nitrogen and oxygen atoms in total. The average Bonchev–Trinajstić information content (AvgIpc) is 3.07. The van der Waals surface area contributed by atoms with E-state index in [9.17, 15) is 20.0 Å². The molecule has 0 spiro atoms. The summed E-state index contributed by atoms with van der Waals surface area (Å²) in [6, 6.07) is 0. The molecule has 1 aliphatic rings. The van der Waals surface area contributed by atoms with E-state index in [1.165, 1.54) is 37.0 Å². The molecule has 0 saturated heterocycles. The number of aryl methyl sites for hydroxylation is 1. The molecular formula is C13H16N4O4S. The van der Waals surface area contributed by atoms with E-state index in [-0.39, 0.29) is 4.96 Å². The Bertz CT molecular complexity index is 763. The SMILES string of the molecule is O=c1c([N+](=O)[O-])c(O)nc2sc(CCCC3CCCC3)nn12. The third-order valence-electron chi connectivity index (χ3n) is 4.07. The molecule has 1 N–H and O–H groups in total. The molecule has 0 radical (unpaired) electrons. The Morgan fingerprint density at radius 3 is 2.82 bits per heavy atom. The molecule has 9 heteroatoms. The molecule has 118 valence electrons. The molecule has 3 rings (SSSR count). The van der Waals surface area contributed by atoms with Crippen molar-refractivity contribution in [3.8, 4) is 5.88 Å². The molecule has 22 heavy (non-hydrogen) atoms. The highest BCUT2D eigenvalue weighted by atomic mass is 32.1. The predicted molar refractivity (Wildman–Crippen MR) is 80.3 cm³/mol. The Kier molecular flexibility index (Phi) is 4.06. The second-order valence-electron chi connectivity index (χ2n) is 5.58. The maximum atomic E-state index is 12.0. The molecule has 0 bridgehead atoms. The van der Waals surface area contributed by atoms with Crippen LogP contribution in [-0.4, -0.2) is 24.6 Å². The molecule has 0 aromatic carbocycles. The summed E-state index contributed by atoms with van der Waals surface area (Å²) in [7, 11) is 0. The molecule has 0 aliphatic heterocycles. The lowest BCUT2D eigenvalue weighted by atomic mass is 10.0. The number of rotatable bonds is 5. The standard InChI is InChI=1S/C13H16N4O4S/c18-11-10(17(20)21)12(19)16-13(14-11)22-9(15-16)7-3-6-8-4-1-2-5-8/h8,18H,1-7H2. The van der Waals surface area contributed by atoms with Crippen LogP contribution in [0.3, 0.4) is 0 Å². The number of hydrogen-bond acceptors (Lipinski definition) is 7. The van der Waals surface area contributed by atoms with E-state index >= 15 is 0 Å². The molecule has 2 aromatic heterocycles. The summed E-state index contributed by atoms with van der Waals surface area (Å²) < 4.78 is 0.910. The Hall–Kier alpha value is -2.03. The third kappa shape index (κ3) is 2.80. The first-order chi connectivity index (χ1) is 10.6. The van der Waals surface area contributed by atoms with Crippen LogP contribution in [0.5, 0.6) is 5.88 Å². The predicted octanol–water partition coefficient (Wildman–Crippen LogP) is 2.28. The van der Waals surface area contributed by atoms with Crippen LogP contribution in [0.25, 0.3) is 4.96 Å². The first kappa shape index (κ1) is 14.9. The monoisotopic (exact) mass is 324 g/mol. The van der Waals surface area contributed by atoms with Crippen molar-refractivity contribution in [2.24, 2.45) is 5.92 Å². The van der Waals surface area contributed by atoms with Crippen molar-refractivity contribution >= 4 is 22.0 Å². The lowest BCUT2D eigenvalue weighted by Crippen LogP contribution is -2.18. The van der Waals surface area contributed by atoms with Gasteiger partial charge in [0.1, 0.15) is 5.01 Å². The number of aromatic hydroxyl groups is 1. The van der Waals surface area contributed by atoms with Gasteiger partial charge in [0.05, 0.1) is 4.92 Å². The van der Waals surface area contributed by atoms with Gasteiger partial charge in [-0.05, 0) is 12.3 Å². The van der Waals surface area contributed by atoms with Gasteiger partial charge in [0.15, 0.2) is 0 Å². The van der Waals surface area contributed by atoms with Crippen LogP contribution in [0.1, 0.15) is 43.5 Å². The summed E-state index contributed by atoms with van der Waals surface area (Å²) in [5.41, 5.74) is -1.87. The van der Waals surface area contributed by atoms with Crippen LogP contribution < -0.4 is 5.56 Å². The summed E-state index contributed by atoms with van der Waals surface area (Å²) >= 11 is 1.19. The van der Waals surface area contributed by atoms with E-state index in [1.54, 1.807) is 0 Å². The maximum Gasteiger partial charge on any atom is 0.397 e. The van der Waals surface area contributed by atoms with Crippen molar-refractivity contribution in [2.75, 3.05) is 0 Å². The van der Waals surface area contributed by atoms with Gasteiger partial charge >= 0.3 is 17.1 Å². The van der Waals surface area contributed by atoms with E-state index in [0.717, 1.165) is 29.7 Å².